The van der Waals surface area contributed by atoms with Gasteiger partial charge in [-0.2, -0.15) is 0 Å². The van der Waals surface area contributed by atoms with E-state index in [2.05, 4.69) is 0 Å². The van der Waals surface area contributed by atoms with Gasteiger partial charge in [-0.15, -0.1) is 0 Å². The van der Waals surface area contributed by atoms with Crippen LogP contribution < -0.4 is 5.73 Å². The molecule has 15 heavy (non-hydrogen) atoms. The van der Waals surface area contributed by atoms with Gasteiger partial charge in [0.05, 0.1) is 0 Å². The third kappa shape index (κ3) is 3.51. The van der Waals surface area contributed by atoms with E-state index in [4.69, 9.17) is 10.5 Å². The van der Waals surface area contributed by atoms with Gasteiger partial charge in [-0.05, 0) is 27.2 Å². The Hall–Kier alpha value is -1.10. The minimum absolute atomic E-state index is 0.129. The van der Waals surface area contributed by atoms with Crippen LogP contribution in [0.4, 0.5) is 4.79 Å². The smallest absolute Gasteiger partial charge is 0.417 e. The zero-order chi connectivity index (χ0) is 11.6. The van der Waals surface area contributed by atoms with Crippen LogP contribution in [0.25, 0.3) is 0 Å². The molecule has 0 aliphatic carbocycles. The van der Waals surface area contributed by atoms with Gasteiger partial charge in [0.1, 0.15) is 5.60 Å². The predicted molar refractivity (Wildman–Crippen MR) is 55.2 cm³/mol. The van der Waals surface area contributed by atoms with Crippen molar-refractivity contribution in [3.63, 3.8) is 0 Å². The number of hydrogen-bond donors (Lipinski definition) is 1. The van der Waals surface area contributed by atoms with Gasteiger partial charge in [0.15, 0.2) is 0 Å². The summed E-state index contributed by atoms with van der Waals surface area (Å²) in [5.41, 5.74) is 5.10. The number of rotatable bonds is 0. The van der Waals surface area contributed by atoms with Gasteiger partial charge >= 0.3 is 6.09 Å². The Morgan fingerprint density at radius 1 is 1.53 bits per heavy atom. The highest BCUT2D eigenvalue weighted by Gasteiger charge is 2.31. The first kappa shape index (κ1) is 12.0. The highest BCUT2D eigenvalue weighted by molar-refractivity contribution is 5.92. The van der Waals surface area contributed by atoms with E-state index in [0.717, 1.165) is 4.90 Å². The molecule has 1 atom stereocenters. The molecule has 0 saturated carbocycles. The maximum absolute atomic E-state index is 11.6. The second kappa shape index (κ2) is 4.18. The van der Waals surface area contributed by atoms with Crippen molar-refractivity contribution in [3.8, 4) is 0 Å². The Balaban J connectivity index is 2.61. The molecule has 0 aromatic carbocycles. The third-order valence-corrected chi connectivity index (χ3v) is 2.06. The molecule has 1 heterocycles. The molecule has 1 aliphatic heterocycles. The maximum Gasteiger partial charge on any atom is 0.417 e. The first-order chi connectivity index (χ1) is 6.79. The molecule has 0 spiro atoms. The second-order valence-corrected chi connectivity index (χ2v) is 4.78. The molecule has 5 heteroatoms. The van der Waals surface area contributed by atoms with Crippen LogP contribution in [0.1, 0.15) is 33.6 Å². The number of carbonyl (C=O) groups excluding carboxylic acids is 2. The van der Waals surface area contributed by atoms with Crippen molar-refractivity contribution in [1.82, 2.24) is 4.90 Å². The highest BCUT2D eigenvalue weighted by atomic mass is 16.6. The summed E-state index contributed by atoms with van der Waals surface area (Å²) in [5.74, 6) is -0.203. The van der Waals surface area contributed by atoms with E-state index >= 15 is 0 Å². The van der Waals surface area contributed by atoms with Crippen molar-refractivity contribution in [2.45, 2.75) is 45.3 Å². The van der Waals surface area contributed by atoms with E-state index < -0.39 is 11.7 Å². The lowest BCUT2D eigenvalue weighted by atomic mass is 10.1. The molecule has 86 valence electrons. The minimum atomic E-state index is -0.595. The van der Waals surface area contributed by atoms with Crippen molar-refractivity contribution in [1.29, 1.82) is 0 Å². The molecule has 5 nitrogen and oxygen atoms in total. The molecular weight excluding hydrogens is 196 g/mol. The van der Waals surface area contributed by atoms with Crippen LogP contribution in [0.5, 0.6) is 0 Å². The second-order valence-electron chi connectivity index (χ2n) is 4.78. The van der Waals surface area contributed by atoms with E-state index in [0.29, 0.717) is 12.8 Å². The van der Waals surface area contributed by atoms with Crippen LogP contribution in [0.2, 0.25) is 0 Å². The number of nitrogens with zero attached hydrogens (tertiary/aromatic N) is 1. The van der Waals surface area contributed by atoms with Crippen LogP contribution in [0.15, 0.2) is 0 Å². The van der Waals surface area contributed by atoms with Crippen LogP contribution >= 0.6 is 0 Å². The van der Waals surface area contributed by atoms with Crippen LogP contribution in [-0.4, -0.2) is 35.1 Å². The number of nitrogens with two attached hydrogens (primary N) is 1. The fourth-order valence-electron chi connectivity index (χ4n) is 1.36. The van der Waals surface area contributed by atoms with Crippen molar-refractivity contribution in [2.75, 3.05) is 6.54 Å². The Morgan fingerprint density at radius 3 is 2.67 bits per heavy atom. The van der Waals surface area contributed by atoms with E-state index in [1.54, 1.807) is 20.8 Å². The van der Waals surface area contributed by atoms with Gasteiger partial charge in [-0.3, -0.25) is 4.79 Å². The molecule has 0 bridgehead atoms. The van der Waals surface area contributed by atoms with Crippen molar-refractivity contribution >= 4 is 12.0 Å². The standard InChI is InChI=1S/C10H18N2O3/c1-10(2,3)15-9(14)12-6-7(11)4-5-8(12)13/h7H,4-6,11H2,1-3H3/t7-/m1/s1. The fraction of sp³-hybridized carbons (Fsp3) is 0.800. The quantitative estimate of drug-likeness (QED) is 0.649. The molecular formula is C10H18N2O3. The number of ether oxygens (including phenoxy) is 1. The summed E-state index contributed by atoms with van der Waals surface area (Å²) >= 11 is 0. The normalized spacial score (nSPS) is 22.8. The van der Waals surface area contributed by atoms with E-state index in [1.807, 2.05) is 0 Å². The van der Waals surface area contributed by atoms with Gasteiger partial charge in [0.25, 0.3) is 0 Å². The molecule has 0 aromatic heterocycles. The van der Waals surface area contributed by atoms with Gasteiger partial charge in [-0.25, -0.2) is 9.69 Å². The van der Waals surface area contributed by atoms with Crippen LogP contribution in [-0.2, 0) is 9.53 Å². The summed E-state index contributed by atoms with van der Waals surface area (Å²) in [5, 5.41) is 0. The average Bonchev–Trinajstić information content (AvgIpc) is 2.06. The maximum atomic E-state index is 11.6. The Kier molecular flexibility index (Phi) is 3.34. The van der Waals surface area contributed by atoms with Gasteiger partial charge in [0.2, 0.25) is 5.91 Å². The molecule has 1 saturated heterocycles. The average molecular weight is 214 g/mol. The topological polar surface area (TPSA) is 72.6 Å². The first-order valence-corrected chi connectivity index (χ1v) is 5.08. The number of amides is 2. The highest BCUT2D eigenvalue weighted by Crippen LogP contribution is 2.15. The summed E-state index contributed by atoms with van der Waals surface area (Å²) in [4.78, 5) is 24.1. The number of likely N-dealkylation sites (tertiary alicyclic amines) is 1. The van der Waals surface area contributed by atoms with Crippen LogP contribution in [0.3, 0.4) is 0 Å². The predicted octanol–water partition coefficient (Wildman–Crippen LogP) is 0.871. The van der Waals surface area contributed by atoms with E-state index in [1.165, 1.54) is 0 Å². The monoisotopic (exact) mass is 214 g/mol. The number of piperidine rings is 1. The molecule has 0 radical (unpaired) electrons. The molecule has 0 aromatic rings. The SMILES string of the molecule is CC(C)(C)OC(=O)N1C[C@H](N)CCC1=O. The first-order valence-electron chi connectivity index (χ1n) is 5.08. The van der Waals surface area contributed by atoms with E-state index in [-0.39, 0.29) is 18.5 Å². The lowest BCUT2D eigenvalue weighted by Gasteiger charge is -2.31. The number of imide groups is 1. The van der Waals surface area contributed by atoms with Crippen molar-refractivity contribution < 1.29 is 14.3 Å². The molecule has 1 aliphatic rings. The fourth-order valence-corrected chi connectivity index (χ4v) is 1.36. The molecule has 2 amide bonds. The summed E-state index contributed by atoms with van der Waals surface area (Å²) in [7, 11) is 0. The molecule has 1 fully saturated rings. The summed E-state index contributed by atoms with van der Waals surface area (Å²) < 4.78 is 5.11. The number of hydrogen-bond acceptors (Lipinski definition) is 4. The number of carbonyl (C=O) groups is 2. The van der Waals surface area contributed by atoms with Gasteiger partial charge in [-0.1, -0.05) is 0 Å². The van der Waals surface area contributed by atoms with Crippen molar-refractivity contribution in [3.05, 3.63) is 0 Å². The zero-order valence-electron chi connectivity index (χ0n) is 9.45. The molecule has 1 rings (SSSR count). The largest absolute Gasteiger partial charge is 0.443 e. The lowest BCUT2D eigenvalue weighted by molar-refractivity contribution is -0.132. The Morgan fingerprint density at radius 2 is 2.13 bits per heavy atom. The van der Waals surface area contributed by atoms with Gasteiger partial charge in [0, 0.05) is 19.0 Å². The van der Waals surface area contributed by atoms with E-state index in [9.17, 15) is 9.59 Å². The third-order valence-electron chi connectivity index (χ3n) is 2.06. The summed E-state index contributed by atoms with van der Waals surface area (Å²) in [6.07, 6.45) is 0.362. The zero-order valence-corrected chi connectivity index (χ0v) is 9.45. The summed E-state index contributed by atoms with van der Waals surface area (Å²) in [6.45, 7) is 5.55. The minimum Gasteiger partial charge on any atom is -0.443 e. The Labute approximate surface area is 89.6 Å². The van der Waals surface area contributed by atoms with Crippen LogP contribution in [0, 0.1) is 0 Å². The van der Waals surface area contributed by atoms with Crippen molar-refractivity contribution in [2.24, 2.45) is 5.73 Å². The molecule has 2 N–H and O–H groups in total. The summed E-state index contributed by atoms with van der Waals surface area (Å²) in [6, 6.07) is -0.129. The Bertz CT molecular complexity index is 270. The lowest BCUT2D eigenvalue weighted by Crippen LogP contribution is -2.50. The molecule has 0 unspecified atom stereocenters. The van der Waals surface area contributed by atoms with Gasteiger partial charge < -0.3 is 10.5 Å².